The number of nitrogens with zero attached hydrogens (tertiary/aromatic N) is 2. The van der Waals surface area contributed by atoms with Crippen LogP contribution in [0.15, 0.2) is 0 Å². The van der Waals surface area contributed by atoms with E-state index in [0.29, 0.717) is 13.1 Å². The summed E-state index contributed by atoms with van der Waals surface area (Å²) in [5.41, 5.74) is 1.00. The maximum Gasteiger partial charge on any atom is 0.185 e. The normalized spacial score (nSPS) is 26.9. The van der Waals surface area contributed by atoms with Crippen LogP contribution < -0.4 is 4.90 Å². The van der Waals surface area contributed by atoms with Gasteiger partial charge in [-0.3, -0.25) is 0 Å². The molecule has 18 heavy (non-hydrogen) atoms. The third-order valence-electron chi connectivity index (χ3n) is 3.52. The number of hydrogen-bond donors (Lipinski definition) is 1. The van der Waals surface area contributed by atoms with Crippen LogP contribution in [0, 0.1) is 0 Å². The number of hydrogen-bond acceptors (Lipinski definition) is 6. The second-order valence-electron chi connectivity index (χ2n) is 4.85. The molecule has 2 heterocycles. The van der Waals surface area contributed by atoms with Crippen molar-refractivity contribution in [1.82, 2.24) is 4.98 Å². The third-order valence-corrected chi connectivity index (χ3v) is 6.39. The molecule has 1 aromatic heterocycles. The van der Waals surface area contributed by atoms with Gasteiger partial charge < -0.3 is 10.0 Å². The number of rotatable bonds is 1. The minimum Gasteiger partial charge on any atom is -0.388 e. The van der Waals surface area contributed by atoms with E-state index in [1.54, 1.807) is 0 Å². The highest BCUT2D eigenvalue weighted by Gasteiger charge is 2.27. The molecule has 0 spiro atoms. The van der Waals surface area contributed by atoms with E-state index < -0.39 is 9.84 Å². The second kappa shape index (κ2) is 4.47. The van der Waals surface area contributed by atoms with Crippen molar-refractivity contribution < 1.29 is 13.5 Å². The largest absolute Gasteiger partial charge is 0.388 e. The Balaban J connectivity index is 1.82. The fraction of sp³-hybridized carbons (Fsp3) is 0.727. The Labute approximate surface area is 110 Å². The Kier molecular flexibility index (Phi) is 3.07. The van der Waals surface area contributed by atoms with Crippen molar-refractivity contribution in [2.24, 2.45) is 0 Å². The number of sulfone groups is 1. The van der Waals surface area contributed by atoms with Gasteiger partial charge in [0, 0.05) is 13.1 Å². The summed E-state index contributed by atoms with van der Waals surface area (Å²) in [4.78, 5) is 7.56. The molecule has 1 atom stereocenters. The molecule has 100 valence electrons. The first kappa shape index (κ1) is 12.4. The number of aliphatic hydroxyl groups excluding tert-OH is 1. The van der Waals surface area contributed by atoms with Crippen LogP contribution >= 0.6 is 11.3 Å². The van der Waals surface area contributed by atoms with Crippen LogP contribution in [0.25, 0.3) is 0 Å². The van der Waals surface area contributed by atoms with E-state index in [9.17, 15) is 13.5 Å². The molecule has 1 N–H and O–H groups in total. The van der Waals surface area contributed by atoms with Crippen LogP contribution in [-0.4, -0.2) is 43.1 Å². The molecule has 7 heteroatoms. The van der Waals surface area contributed by atoms with Crippen LogP contribution in [-0.2, 0) is 16.3 Å². The number of aromatic nitrogens is 1. The maximum absolute atomic E-state index is 11.4. The van der Waals surface area contributed by atoms with Crippen molar-refractivity contribution in [3.8, 4) is 0 Å². The van der Waals surface area contributed by atoms with Gasteiger partial charge in [0.1, 0.15) is 0 Å². The SMILES string of the molecule is O=S1(=O)CCN(c2nc3c(s2)C(O)CCC3)CC1. The molecule has 1 aliphatic heterocycles. The molecule has 1 saturated heterocycles. The minimum absolute atomic E-state index is 0.208. The number of thiazole rings is 1. The molecule has 5 nitrogen and oxygen atoms in total. The van der Waals surface area contributed by atoms with Gasteiger partial charge in [-0.1, -0.05) is 11.3 Å². The number of aliphatic hydroxyl groups is 1. The van der Waals surface area contributed by atoms with Crippen LogP contribution in [0.5, 0.6) is 0 Å². The van der Waals surface area contributed by atoms with E-state index in [4.69, 9.17) is 0 Å². The van der Waals surface area contributed by atoms with Gasteiger partial charge in [0.25, 0.3) is 0 Å². The lowest BCUT2D eigenvalue weighted by atomic mass is 10.0. The van der Waals surface area contributed by atoms with Crippen LogP contribution in [0.4, 0.5) is 5.13 Å². The van der Waals surface area contributed by atoms with E-state index in [0.717, 1.165) is 35.0 Å². The quantitative estimate of drug-likeness (QED) is 0.825. The highest BCUT2D eigenvalue weighted by molar-refractivity contribution is 7.91. The number of aryl methyl sites for hydroxylation is 1. The van der Waals surface area contributed by atoms with Gasteiger partial charge in [-0.15, -0.1) is 0 Å². The number of fused-ring (bicyclic) bond motifs is 1. The lowest BCUT2D eigenvalue weighted by Crippen LogP contribution is -2.40. The van der Waals surface area contributed by atoms with Crippen molar-refractivity contribution in [2.45, 2.75) is 25.4 Å². The average Bonchev–Trinajstić information content (AvgIpc) is 2.74. The topological polar surface area (TPSA) is 70.5 Å². The van der Waals surface area contributed by atoms with Gasteiger partial charge in [-0.05, 0) is 19.3 Å². The summed E-state index contributed by atoms with van der Waals surface area (Å²) in [5, 5.41) is 10.8. The standard InChI is InChI=1S/C11H16N2O3S2/c14-9-3-1-2-8-10(9)17-11(12-8)13-4-6-18(15,16)7-5-13/h9,14H,1-7H2. The first-order valence-corrected chi connectivity index (χ1v) is 8.82. The van der Waals surface area contributed by atoms with Crippen LogP contribution in [0.2, 0.25) is 0 Å². The van der Waals surface area contributed by atoms with E-state index in [2.05, 4.69) is 4.98 Å². The Morgan fingerprint density at radius 2 is 2.06 bits per heavy atom. The molecular formula is C11H16N2O3S2. The Bertz CT molecular complexity index is 539. The lowest BCUT2D eigenvalue weighted by molar-refractivity contribution is 0.160. The monoisotopic (exact) mass is 288 g/mol. The summed E-state index contributed by atoms with van der Waals surface area (Å²) in [6, 6.07) is 0. The summed E-state index contributed by atoms with van der Waals surface area (Å²) in [7, 11) is -2.85. The zero-order valence-corrected chi connectivity index (χ0v) is 11.6. The van der Waals surface area contributed by atoms with Gasteiger partial charge in [-0.2, -0.15) is 0 Å². The Hall–Kier alpha value is -0.660. The van der Waals surface area contributed by atoms with E-state index in [1.807, 2.05) is 4.90 Å². The minimum atomic E-state index is -2.85. The molecule has 0 radical (unpaired) electrons. The molecule has 1 unspecified atom stereocenters. The highest BCUT2D eigenvalue weighted by atomic mass is 32.2. The molecular weight excluding hydrogens is 272 g/mol. The zero-order chi connectivity index (χ0) is 12.8. The Morgan fingerprint density at radius 1 is 1.33 bits per heavy atom. The summed E-state index contributed by atoms with van der Waals surface area (Å²) < 4.78 is 22.8. The summed E-state index contributed by atoms with van der Waals surface area (Å²) >= 11 is 1.52. The molecule has 2 aliphatic rings. The first-order valence-electron chi connectivity index (χ1n) is 6.18. The summed E-state index contributed by atoms with van der Waals surface area (Å²) in [6.07, 6.45) is 2.33. The third kappa shape index (κ3) is 2.26. The van der Waals surface area contributed by atoms with Crippen molar-refractivity contribution in [3.63, 3.8) is 0 Å². The van der Waals surface area contributed by atoms with E-state index in [1.165, 1.54) is 11.3 Å². The van der Waals surface area contributed by atoms with Crippen molar-refractivity contribution in [2.75, 3.05) is 29.5 Å². The van der Waals surface area contributed by atoms with Crippen LogP contribution in [0.1, 0.15) is 29.5 Å². The maximum atomic E-state index is 11.4. The predicted molar refractivity (Wildman–Crippen MR) is 70.9 cm³/mol. The van der Waals surface area contributed by atoms with Gasteiger partial charge >= 0.3 is 0 Å². The molecule has 3 rings (SSSR count). The summed E-state index contributed by atoms with van der Waals surface area (Å²) in [5.74, 6) is 0.416. The molecule has 1 fully saturated rings. The second-order valence-corrected chi connectivity index (χ2v) is 8.17. The van der Waals surface area contributed by atoms with E-state index >= 15 is 0 Å². The first-order chi connectivity index (χ1) is 8.55. The van der Waals surface area contributed by atoms with Crippen molar-refractivity contribution in [1.29, 1.82) is 0 Å². The zero-order valence-electron chi connectivity index (χ0n) is 10.0. The van der Waals surface area contributed by atoms with Crippen LogP contribution in [0.3, 0.4) is 0 Å². The van der Waals surface area contributed by atoms with Gasteiger partial charge in [0.15, 0.2) is 15.0 Å². The van der Waals surface area contributed by atoms with Crippen molar-refractivity contribution >= 4 is 26.3 Å². The Morgan fingerprint density at radius 3 is 2.72 bits per heavy atom. The highest BCUT2D eigenvalue weighted by Crippen LogP contribution is 2.37. The molecule has 1 aromatic rings. The molecule has 0 aromatic carbocycles. The average molecular weight is 288 g/mol. The molecule has 1 aliphatic carbocycles. The fourth-order valence-electron chi connectivity index (χ4n) is 2.42. The van der Waals surface area contributed by atoms with Gasteiger partial charge in [0.2, 0.25) is 0 Å². The molecule has 0 bridgehead atoms. The number of anilines is 1. The predicted octanol–water partition coefficient (Wildman–Crippen LogP) is 0.748. The fourth-order valence-corrected chi connectivity index (χ4v) is 4.81. The molecule has 0 amide bonds. The lowest BCUT2D eigenvalue weighted by Gasteiger charge is -2.25. The smallest absolute Gasteiger partial charge is 0.185 e. The summed E-state index contributed by atoms with van der Waals surface area (Å²) in [6.45, 7) is 1.04. The van der Waals surface area contributed by atoms with Gasteiger partial charge in [0.05, 0.1) is 28.2 Å². The van der Waals surface area contributed by atoms with Gasteiger partial charge in [-0.25, -0.2) is 13.4 Å². The van der Waals surface area contributed by atoms with E-state index in [-0.39, 0.29) is 17.6 Å². The van der Waals surface area contributed by atoms with Crippen molar-refractivity contribution in [3.05, 3.63) is 10.6 Å². The molecule has 0 saturated carbocycles.